The highest BCUT2D eigenvalue weighted by Gasteiger charge is 2.13. The van der Waals surface area contributed by atoms with E-state index in [0.717, 1.165) is 31.6 Å². The third kappa shape index (κ3) is 5.17. The molecule has 84 valence electrons. The molecule has 0 aromatic carbocycles. The second kappa shape index (κ2) is 6.19. The Morgan fingerprint density at radius 3 is 2.87 bits per heavy atom. The van der Waals surface area contributed by atoms with Crippen molar-refractivity contribution in [3.8, 4) is 0 Å². The summed E-state index contributed by atoms with van der Waals surface area (Å²) in [6.45, 7) is 2.01. The fourth-order valence-corrected chi connectivity index (χ4v) is 1.42. The van der Waals surface area contributed by atoms with E-state index in [9.17, 15) is 9.59 Å². The highest BCUT2D eigenvalue weighted by molar-refractivity contribution is 5.93. The number of hydrogen-bond acceptors (Lipinski definition) is 3. The lowest BCUT2D eigenvalue weighted by Gasteiger charge is -2.21. The van der Waals surface area contributed by atoms with Gasteiger partial charge in [-0.15, -0.1) is 0 Å². The first-order valence-electron chi connectivity index (χ1n) is 4.95. The van der Waals surface area contributed by atoms with Crippen LogP contribution in [0.2, 0.25) is 0 Å². The molecule has 1 amide bonds. The van der Waals surface area contributed by atoms with Gasteiger partial charge >= 0.3 is 5.97 Å². The van der Waals surface area contributed by atoms with E-state index < -0.39 is 5.97 Å². The second-order valence-corrected chi connectivity index (χ2v) is 3.50. The first-order chi connectivity index (χ1) is 7.18. The normalized spacial score (nSPS) is 21.5. The van der Waals surface area contributed by atoms with Gasteiger partial charge in [-0.1, -0.05) is 0 Å². The van der Waals surface area contributed by atoms with Crippen LogP contribution in [-0.4, -0.2) is 36.7 Å². The molecule has 1 aliphatic rings. The lowest BCUT2D eigenvalue weighted by Crippen LogP contribution is -2.32. The fourth-order valence-electron chi connectivity index (χ4n) is 1.42. The summed E-state index contributed by atoms with van der Waals surface area (Å²) in [5.74, 6) is -1.14. The molecule has 1 aliphatic heterocycles. The van der Waals surface area contributed by atoms with Crippen molar-refractivity contribution >= 4 is 11.9 Å². The number of aliphatic carboxylic acids is 1. The smallest absolute Gasteiger partial charge is 0.328 e. The molecular weight excluding hydrogens is 198 g/mol. The highest BCUT2D eigenvalue weighted by atomic mass is 16.5. The molecule has 1 saturated heterocycles. The molecule has 1 rings (SSSR count). The van der Waals surface area contributed by atoms with Gasteiger partial charge in [0.25, 0.3) is 0 Å². The topological polar surface area (TPSA) is 75.6 Å². The van der Waals surface area contributed by atoms with E-state index in [1.165, 1.54) is 0 Å². The minimum atomic E-state index is -1.12. The third-order valence-electron chi connectivity index (χ3n) is 2.20. The van der Waals surface area contributed by atoms with Crippen LogP contribution in [0.15, 0.2) is 12.2 Å². The van der Waals surface area contributed by atoms with Gasteiger partial charge in [0.1, 0.15) is 0 Å². The van der Waals surface area contributed by atoms with Crippen LogP contribution in [0, 0.1) is 5.92 Å². The zero-order valence-corrected chi connectivity index (χ0v) is 8.44. The van der Waals surface area contributed by atoms with Gasteiger partial charge in [-0.25, -0.2) is 4.79 Å². The molecule has 0 bridgehead atoms. The first kappa shape index (κ1) is 11.7. The van der Waals surface area contributed by atoms with Crippen molar-refractivity contribution in [3.63, 3.8) is 0 Å². The summed E-state index contributed by atoms with van der Waals surface area (Å²) in [4.78, 5) is 21.2. The average Bonchev–Trinajstić information content (AvgIpc) is 2.25. The number of nitrogens with one attached hydrogen (secondary N) is 1. The molecule has 2 N–H and O–H groups in total. The van der Waals surface area contributed by atoms with Gasteiger partial charge in [0.15, 0.2) is 0 Å². The molecule has 0 saturated carbocycles. The van der Waals surface area contributed by atoms with Gasteiger partial charge < -0.3 is 15.2 Å². The molecular formula is C10H15NO4. The Bertz CT molecular complexity index is 256. The quantitative estimate of drug-likeness (QED) is 0.653. The van der Waals surface area contributed by atoms with Crippen molar-refractivity contribution in [3.05, 3.63) is 12.2 Å². The first-order valence-corrected chi connectivity index (χ1v) is 4.95. The molecule has 0 radical (unpaired) electrons. The summed E-state index contributed by atoms with van der Waals surface area (Å²) in [6.07, 6.45) is 3.91. The molecule has 0 spiro atoms. The molecule has 0 aromatic heterocycles. The maximum atomic E-state index is 11.1. The van der Waals surface area contributed by atoms with E-state index in [4.69, 9.17) is 9.84 Å². The van der Waals surface area contributed by atoms with Crippen molar-refractivity contribution in [1.82, 2.24) is 5.32 Å². The third-order valence-corrected chi connectivity index (χ3v) is 2.20. The van der Waals surface area contributed by atoms with E-state index in [2.05, 4.69) is 5.32 Å². The molecule has 15 heavy (non-hydrogen) atoms. The predicted molar refractivity (Wildman–Crippen MR) is 53.3 cm³/mol. The van der Waals surface area contributed by atoms with Gasteiger partial charge in [0, 0.05) is 25.3 Å². The average molecular weight is 213 g/mol. The van der Waals surface area contributed by atoms with Crippen LogP contribution >= 0.6 is 0 Å². The highest BCUT2D eigenvalue weighted by Crippen LogP contribution is 2.11. The Balaban J connectivity index is 2.18. The van der Waals surface area contributed by atoms with Crippen molar-refractivity contribution in [2.45, 2.75) is 12.8 Å². The number of carbonyl (C=O) groups excluding carboxylic acids is 1. The standard InChI is InChI=1S/C10H15NO4/c12-9(3-4-10(13)14)11-6-8-2-1-5-15-7-8/h3-4,8H,1-2,5-7H2,(H,11,12)(H,13,14)/b4-3+. The molecule has 1 atom stereocenters. The number of amides is 1. The summed E-state index contributed by atoms with van der Waals surface area (Å²) in [5, 5.41) is 10.9. The summed E-state index contributed by atoms with van der Waals surface area (Å²) in [5.41, 5.74) is 0. The molecule has 5 nitrogen and oxygen atoms in total. The SMILES string of the molecule is O=C(O)/C=C/C(=O)NCC1CCCOC1. The summed E-state index contributed by atoms with van der Waals surface area (Å²) < 4.78 is 5.25. The summed E-state index contributed by atoms with van der Waals surface area (Å²) >= 11 is 0. The van der Waals surface area contributed by atoms with Crippen molar-refractivity contribution in [1.29, 1.82) is 0 Å². The van der Waals surface area contributed by atoms with Gasteiger partial charge in [0.05, 0.1) is 6.61 Å². The van der Waals surface area contributed by atoms with Crippen LogP contribution in [0.5, 0.6) is 0 Å². The van der Waals surface area contributed by atoms with Gasteiger partial charge in [0.2, 0.25) is 5.91 Å². The summed E-state index contributed by atoms with van der Waals surface area (Å²) in [7, 11) is 0. The number of ether oxygens (including phenoxy) is 1. The number of rotatable bonds is 4. The lowest BCUT2D eigenvalue weighted by atomic mass is 10.0. The lowest BCUT2D eigenvalue weighted by molar-refractivity contribution is -0.131. The predicted octanol–water partition coefficient (Wildman–Crippen LogP) is 0.170. The second-order valence-electron chi connectivity index (χ2n) is 3.50. The van der Waals surface area contributed by atoms with Crippen LogP contribution in [-0.2, 0) is 14.3 Å². The minimum Gasteiger partial charge on any atom is -0.478 e. The Morgan fingerprint density at radius 2 is 2.27 bits per heavy atom. The molecule has 0 aliphatic carbocycles. The number of hydrogen-bond donors (Lipinski definition) is 2. The Kier molecular flexibility index (Phi) is 4.83. The maximum Gasteiger partial charge on any atom is 0.328 e. The van der Waals surface area contributed by atoms with E-state index in [1.807, 2.05) is 0 Å². The van der Waals surface area contributed by atoms with Crippen LogP contribution in [0.4, 0.5) is 0 Å². The molecule has 5 heteroatoms. The van der Waals surface area contributed by atoms with Crippen molar-refractivity contribution in [2.75, 3.05) is 19.8 Å². The fraction of sp³-hybridized carbons (Fsp3) is 0.600. The van der Waals surface area contributed by atoms with E-state index in [1.54, 1.807) is 0 Å². The number of carbonyl (C=O) groups is 2. The van der Waals surface area contributed by atoms with E-state index in [0.29, 0.717) is 19.1 Å². The van der Waals surface area contributed by atoms with Crippen LogP contribution in [0.3, 0.4) is 0 Å². The maximum absolute atomic E-state index is 11.1. The van der Waals surface area contributed by atoms with Gasteiger partial charge in [-0.05, 0) is 18.8 Å². The monoisotopic (exact) mass is 213 g/mol. The Hall–Kier alpha value is -1.36. The Labute approximate surface area is 88.1 Å². The summed E-state index contributed by atoms with van der Waals surface area (Å²) in [6, 6.07) is 0. The van der Waals surface area contributed by atoms with Crippen LogP contribution < -0.4 is 5.32 Å². The largest absolute Gasteiger partial charge is 0.478 e. The zero-order valence-electron chi connectivity index (χ0n) is 8.44. The van der Waals surface area contributed by atoms with E-state index >= 15 is 0 Å². The molecule has 0 aromatic rings. The van der Waals surface area contributed by atoms with Crippen LogP contribution in [0.1, 0.15) is 12.8 Å². The number of carboxylic acids is 1. The minimum absolute atomic E-state index is 0.348. The van der Waals surface area contributed by atoms with Crippen LogP contribution in [0.25, 0.3) is 0 Å². The molecule has 1 heterocycles. The molecule has 1 unspecified atom stereocenters. The van der Waals surface area contributed by atoms with Crippen molar-refractivity contribution < 1.29 is 19.4 Å². The molecule has 1 fully saturated rings. The zero-order chi connectivity index (χ0) is 11.1. The number of carboxylic acid groups (broad SMARTS) is 1. The van der Waals surface area contributed by atoms with Gasteiger partial charge in [-0.2, -0.15) is 0 Å². The van der Waals surface area contributed by atoms with E-state index in [-0.39, 0.29) is 5.91 Å². The Morgan fingerprint density at radius 1 is 1.47 bits per heavy atom. The van der Waals surface area contributed by atoms with Gasteiger partial charge in [-0.3, -0.25) is 4.79 Å². The van der Waals surface area contributed by atoms with Crippen molar-refractivity contribution in [2.24, 2.45) is 5.92 Å².